The zero-order valence-electron chi connectivity index (χ0n) is 10.5. The first-order valence-corrected chi connectivity index (χ1v) is 7.66. The highest BCUT2D eigenvalue weighted by molar-refractivity contribution is 7.91. The first-order chi connectivity index (χ1) is 8.85. The van der Waals surface area contributed by atoms with Crippen LogP contribution in [0.3, 0.4) is 0 Å². The zero-order chi connectivity index (χ0) is 14.5. The summed E-state index contributed by atoms with van der Waals surface area (Å²) in [5.74, 6) is -0.719. The van der Waals surface area contributed by atoms with Crippen molar-refractivity contribution in [1.29, 1.82) is 0 Å². The highest BCUT2D eigenvalue weighted by Crippen LogP contribution is 2.15. The van der Waals surface area contributed by atoms with E-state index in [1.807, 2.05) is 0 Å². The average molecular weight is 290 g/mol. The molecule has 19 heavy (non-hydrogen) atoms. The summed E-state index contributed by atoms with van der Waals surface area (Å²) in [5.41, 5.74) is 0.109. The molecule has 0 bridgehead atoms. The fourth-order valence-corrected chi connectivity index (χ4v) is 2.24. The van der Waals surface area contributed by atoms with Gasteiger partial charge in [0.05, 0.1) is 12.4 Å². The first kappa shape index (κ1) is 15.9. The summed E-state index contributed by atoms with van der Waals surface area (Å²) in [4.78, 5) is 0. The Morgan fingerprint density at radius 3 is 2.63 bits per heavy atom. The second-order valence-corrected chi connectivity index (χ2v) is 6.47. The maximum Gasteiger partial charge on any atom is 0.488 e. The normalized spacial score (nSPS) is 11.4. The van der Waals surface area contributed by atoms with Crippen LogP contribution in [-0.2, 0) is 9.84 Å². The van der Waals surface area contributed by atoms with E-state index >= 15 is 0 Å². The third-order valence-electron chi connectivity index (χ3n) is 2.55. The molecular weight excluding hydrogens is 274 g/mol. The van der Waals surface area contributed by atoms with Gasteiger partial charge in [-0.05, 0) is 24.0 Å². The fraction of sp³-hybridized carbons (Fsp3) is 0.455. The molecule has 0 aliphatic carbocycles. The molecule has 0 saturated carbocycles. The zero-order valence-corrected chi connectivity index (χ0v) is 11.4. The molecule has 0 aliphatic heterocycles. The molecule has 1 aromatic carbocycles. The Kier molecular flexibility index (Phi) is 5.77. The Balaban J connectivity index is 2.56. The van der Waals surface area contributed by atoms with E-state index in [-0.39, 0.29) is 35.7 Å². The van der Waals surface area contributed by atoms with Gasteiger partial charge in [0.15, 0.2) is 11.6 Å². The summed E-state index contributed by atoms with van der Waals surface area (Å²) >= 11 is 0. The fourth-order valence-electron chi connectivity index (χ4n) is 1.40. The van der Waals surface area contributed by atoms with Crippen LogP contribution in [0, 0.1) is 5.82 Å². The Hall–Kier alpha value is -1.12. The van der Waals surface area contributed by atoms with Crippen molar-refractivity contribution in [3.63, 3.8) is 0 Å². The van der Waals surface area contributed by atoms with Gasteiger partial charge in [-0.15, -0.1) is 0 Å². The molecule has 0 fully saturated rings. The molecule has 0 atom stereocenters. The smallest absolute Gasteiger partial charge is 0.488 e. The van der Waals surface area contributed by atoms with Gasteiger partial charge in [-0.25, -0.2) is 12.8 Å². The lowest BCUT2D eigenvalue weighted by Gasteiger charge is -2.09. The van der Waals surface area contributed by atoms with Crippen LogP contribution in [0.4, 0.5) is 4.39 Å². The molecule has 106 valence electrons. The Morgan fingerprint density at radius 1 is 1.37 bits per heavy atom. The van der Waals surface area contributed by atoms with Gasteiger partial charge < -0.3 is 14.8 Å². The van der Waals surface area contributed by atoms with Crippen LogP contribution in [-0.4, -0.2) is 43.7 Å². The maximum absolute atomic E-state index is 13.4. The van der Waals surface area contributed by atoms with E-state index in [0.29, 0.717) is 0 Å². The number of hydrogen-bond donors (Lipinski definition) is 2. The Morgan fingerprint density at radius 2 is 2.05 bits per heavy atom. The Bertz CT molecular complexity index is 518. The van der Waals surface area contributed by atoms with Gasteiger partial charge in [0.2, 0.25) is 0 Å². The van der Waals surface area contributed by atoms with Crippen LogP contribution < -0.4 is 10.2 Å². The van der Waals surface area contributed by atoms with Crippen molar-refractivity contribution in [1.82, 2.24) is 0 Å². The molecule has 0 aromatic heterocycles. The van der Waals surface area contributed by atoms with Gasteiger partial charge in [0.1, 0.15) is 9.84 Å². The number of ether oxygens (including phenoxy) is 1. The second kappa shape index (κ2) is 6.88. The number of benzene rings is 1. The molecule has 5 nitrogen and oxygen atoms in total. The molecule has 0 amide bonds. The highest BCUT2D eigenvalue weighted by atomic mass is 32.2. The summed E-state index contributed by atoms with van der Waals surface area (Å²) in [7, 11) is -4.76. The van der Waals surface area contributed by atoms with E-state index < -0.39 is 22.8 Å². The molecule has 0 heterocycles. The van der Waals surface area contributed by atoms with E-state index in [9.17, 15) is 12.8 Å². The van der Waals surface area contributed by atoms with Crippen molar-refractivity contribution >= 4 is 22.4 Å². The van der Waals surface area contributed by atoms with Gasteiger partial charge in [-0.3, -0.25) is 0 Å². The van der Waals surface area contributed by atoms with Crippen LogP contribution >= 0.6 is 0 Å². The minimum Gasteiger partial charge on any atom is -0.491 e. The molecule has 0 saturated heterocycles. The summed E-state index contributed by atoms with van der Waals surface area (Å²) in [6.07, 6.45) is 0.252. The molecule has 1 aromatic rings. The molecular formula is C11H16BFO5S. The third-order valence-corrected chi connectivity index (χ3v) is 4.34. The van der Waals surface area contributed by atoms with Crippen LogP contribution in [0.25, 0.3) is 0 Å². The quantitative estimate of drug-likeness (QED) is 0.532. The van der Waals surface area contributed by atoms with Crippen molar-refractivity contribution in [3.05, 3.63) is 24.0 Å². The molecule has 8 heteroatoms. The average Bonchev–Trinajstić information content (AvgIpc) is 2.36. The van der Waals surface area contributed by atoms with Gasteiger partial charge >= 0.3 is 7.12 Å². The number of rotatable bonds is 7. The first-order valence-electron chi connectivity index (χ1n) is 5.84. The molecule has 0 unspecified atom stereocenters. The topological polar surface area (TPSA) is 83.8 Å². The molecule has 0 spiro atoms. The largest absolute Gasteiger partial charge is 0.491 e. The van der Waals surface area contributed by atoms with E-state index in [1.54, 1.807) is 6.92 Å². The third kappa shape index (κ3) is 5.18. The second-order valence-electron chi connectivity index (χ2n) is 4.00. The molecule has 1 rings (SSSR count). The Labute approximate surface area is 112 Å². The van der Waals surface area contributed by atoms with E-state index in [1.165, 1.54) is 12.1 Å². The molecule has 0 aliphatic rings. The van der Waals surface area contributed by atoms with Crippen molar-refractivity contribution < 1.29 is 27.6 Å². The van der Waals surface area contributed by atoms with Gasteiger partial charge in [0, 0.05) is 5.75 Å². The van der Waals surface area contributed by atoms with Gasteiger partial charge in [-0.2, -0.15) is 0 Å². The van der Waals surface area contributed by atoms with Gasteiger partial charge in [0.25, 0.3) is 0 Å². The van der Waals surface area contributed by atoms with E-state index in [0.717, 1.165) is 6.07 Å². The van der Waals surface area contributed by atoms with Crippen molar-refractivity contribution in [2.45, 2.75) is 13.3 Å². The predicted molar refractivity (Wildman–Crippen MR) is 70.7 cm³/mol. The summed E-state index contributed by atoms with van der Waals surface area (Å²) in [6, 6.07) is 3.47. The minimum absolute atomic E-state index is 0.0204. The van der Waals surface area contributed by atoms with E-state index in [4.69, 9.17) is 14.8 Å². The number of sulfone groups is 1. The summed E-state index contributed by atoms with van der Waals surface area (Å²) in [5, 5.41) is 17.9. The standard InChI is InChI=1S/C11H16BFO5S/c1-2-19(16,17)7-3-6-18-11-8-9(12(14)15)4-5-10(11)13/h4-5,8,14-15H,2-3,6-7H2,1H3. The number of halogens is 1. The molecule has 0 radical (unpaired) electrons. The summed E-state index contributed by atoms with van der Waals surface area (Å²) in [6.45, 7) is 1.60. The van der Waals surface area contributed by atoms with Crippen molar-refractivity contribution in [3.8, 4) is 5.75 Å². The van der Waals surface area contributed by atoms with E-state index in [2.05, 4.69) is 0 Å². The monoisotopic (exact) mass is 290 g/mol. The summed E-state index contributed by atoms with van der Waals surface area (Å²) < 4.78 is 40.9. The minimum atomic E-state index is -3.06. The SMILES string of the molecule is CCS(=O)(=O)CCCOc1cc(B(O)O)ccc1F. The lowest BCUT2D eigenvalue weighted by atomic mass is 9.80. The maximum atomic E-state index is 13.4. The predicted octanol–water partition coefficient (Wildman–Crippen LogP) is -0.291. The lowest BCUT2D eigenvalue weighted by Crippen LogP contribution is -2.29. The van der Waals surface area contributed by atoms with Crippen LogP contribution in [0.1, 0.15) is 13.3 Å². The highest BCUT2D eigenvalue weighted by Gasteiger charge is 2.14. The number of hydrogen-bond acceptors (Lipinski definition) is 5. The lowest BCUT2D eigenvalue weighted by molar-refractivity contribution is 0.301. The van der Waals surface area contributed by atoms with Crippen molar-refractivity contribution in [2.24, 2.45) is 0 Å². The van der Waals surface area contributed by atoms with Crippen molar-refractivity contribution in [2.75, 3.05) is 18.1 Å². The van der Waals surface area contributed by atoms with Crippen LogP contribution in [0.5, 0.6) is 5.75 Å². The van der Waals surface area contributed by atoms with Crippen LogP contribution in [0.2, 0.25) is 0 Å². The van der Waals surface area contributed by atoms with Gasteiger partial charge in [-0.1, -0.05) is 13.0 Å². The molecule has 2 N–H and O–H groups in total. The van der Waals surface area contributed by atoms with Crippen LogP contribution in [0.15, 0.2) is 18.2 Å².